The normalized spacial score (nSPS) is 11.5. The predicted octanol–water partition coefficient (Wildman–Crippen LogP) is 5.57. The molecular weight excluding hydrogens is 538 g/mol. The molecule has 2 heterocycles. The molecule has 0 saturated carbocycles. The fourth-order valence-corrected chi connectivity index (χ4v) is 4.52. The SMILES string of the molecule is O=C(O)COc1c(Cl)cc(C=Nn2c(-c3cc4ccccc4o3)nc3ccccc3c2=O)cc1Br. The second-order valence-corrected chi connectivity index (χ2v) is 8.72. The van der Waals surface area contributed by atoms with Crippen molar-refractivity contribution < 1.29 is 19.1 Å². The van der Waals surface area contributed by atoms with Crippen LogP contribution in [0.5, 0.6) is 5.75 Å². The Kier molecular flexibility index (Phi) is 6.10. The second kappa shape index (κ2) is 9.36. The minimum atomic E-state index is -1.13. The largest absolute Gasteiger partial charge is 0.479 e. The van der Waals surface area contributed by atoms with Crippen molar-refractivity contribution in [2.24, 2.45) is 5.10 Å². The van der Waals surface area contributed by atoms with Crippen molar-refractivity contribution in [1.82, 2.24) is 9.66 Å². The number of para-hydroxylation sites is 2. The maximum Gasteiger partial charge on any atom is 0.341 e. The van der Waals surface area contributed by atoms with Crippen molar-refractivity contribution in [2.75, 3.05) is 6.61 Å². The van der Waals surface area contributed by atoms with E-state index in [4.69, 9.17) is 25.9 Å². The average Bonchev–Trinajstić information content (AvgIpc) is 3.27. The molecular formula is C25H15BrClN3O5. The zero-order valence-electron chi connectivity index (χ0n) is 17.8. The van der Waals surface area contributed by atoms with Crippen LogP contribution in [0.25, 0.3) is 33.5 Å². The summed E-state index contributed by atoms with van der Waals surface area (Å²) in [6.07, 6.45) is 1.45. The van der Waals surface area contributed by atoms with Crippen LogP contribution in [0.2, 0.25) is 5.02 Å². The molecule has 0 saturated heterocycles. The van der Waals surface area contributed by atoms with E-state index >= 15 is 0 Å². The van der Waals surface area contributed by atoms with Crippen LogP contribution < -0.4 is 10.3 Å². The van der Waals surface area contributed by atoms with Gasteiger partial charge in [0.05, 0.1) is 26.6 Å². The van der Waals surface area contributed by atoms with Crippen LogP contribution in [0.3, 0.4) is 0 Å². The number of rotatable bonds is 6. The molecule has 10 heteroatoms. The number of fused-ring (bicyclic) bond motifs is 2. The van der Waals surface area contributed by atoms with E-state index in [1.165, 1.54) is 10.9 Å². The number of nitrogens with zero attached hydrogens (tertiary/aromatic N) is 3. The summed E-state index contributed by atoms with van der Waals surface area (Å²) in [6, 6.07) is 19.5. The molecule has 174 valence electrons. The molecule has 0 atom stereocenters. The summed E-state index contributed by atoms with van der Waals surface area (Å²) < 4.78 is 12.8. The molecule has 0 aliphatic heterocycles. The Bertz CT molecular complexity index is 1640. The number of furan rings is 1. The van der Waals surface area contributed by atoms with Crippen molar-refractivity contribution >= 4 is 61.6 Å². The van der Waals surface area contributed by atoms with E-state index < -0.39 is 12.6 Å². The maximum absolute atomic E-state index is 13.4. The molecule has 0 radical (unpaired) electrons. The van der Waals surface area contributed by atoms with Crippen molar-refractivity contribution in [1.29, 1.82) is 0 Å². The van der Waals surface area contributed by atoms with Gasteiger partial charge < -0.3 is 14.3 Å². The molecule has 0 unspecified atom stereocenters. The minimum Gasteiger partial charge on any atom is -0.479 e. The Labute approximate surface area is 211 Å². The van der Waals surface area contributed by atoms with Gasteiger partial charge in [0, 0.05) is 5.39 Å². The number of benzene rings is 3. The third kappa shape index (κ3) is 4.55. The van der Waals surface area contributed by atoms with E-state index in [0.717, 1.165) is 5.39 Å². The first-order valence-corrected chi connectivity index (χ1v) is 11.5. The Morgan fingerprint density at radius 3 is 2.71 bits per heavy atom. The standard InChI is InChI=1S/C25H15BrClN3O5/c26-17-9-14(10-18(27)23(17)34-13-22(31)32)12-28-30-24(21-11-15-5-1-4-8-20(15)35-21)29-19-7-3-2-6-16(19)25(30)33/h1-12H,13H2,(H,31,32). The number of carboxylic acids is 1. The molecule has 0 fully saturated rings. The van der Waals surface area contributed by atoms with E-state index in [1.54, 1.807) is 42.5 Å². The molecule has 5 rings (SSSR count). The monoisotopic (exact) mass is 551 g/mol. The van der Waals surface area contributed by atoms with Crippen molar-refractivity contribution in [3.05, 3.63) is 92.1 Å². The number of aromatic nitrogens is 2. The Morgan fingerprint density at radius 2 is 1.94 bits per heavy atom. The summed E-state index contributed by atoms with van der Waals surface area (Å²) in [4.78, 5) is 28.8. The van der Waals surface area contributed by atoms with E-state index in [1.807, 2.05) is 24.3 Å². The highest BCUT2D eigenvalue weighted by Gasteiger charge is 2.17. The minimum absolute atomic E-state index is 0.184. The molecule has 2 aromatic heterocycles. The van der Waals surface area contributed by atoms with E-state index in [9.17, 15) is 9.59 Å². The molecule has 0 aliphatic carbocycles. The number of hydrogen-bond acceptors (Lipinski definition) is 6. The molecule has 1 N–H and O–H groups in total. The average molecular weight is 553 g/mol. The van der Waals surface area contributed by atoms with Gasteiger partial charge in [-0.2, -0.15) is 9.78 Å². The van der Waals surface area contributed by atoms with Crippen molar-refractivity contribution in [3.8, 4) is 17.3 Å². The molecule has 3 aromatic carbocycles. The highest BCUT2D eigenvalue weighted by atomic mass is 79.9. The first kappa shape index (κ1) is 22.8. The van der Waals surface area contributed by atoms with E-state index in [2.05, 4.69) is 26.0 Å². The van der Waals surface area contributed by atoms with Crippen LogP contribution in [-0.4, -0.2) is 33.6 Å². The lowest BCUT2D eigenvalue weighted by Gasteiger charge is -2.09. The first-order chi connectivity index (χ1) is 16.9. The van der Waals surface area contributed by atoms with Crippen molar-refractivity contribution in [3.63, 3.8) is 0 Å². The second-order valence-electron chi connectivity index (χ2n) is 7.46. The first-order valence-electron chi connectivity index (χ1n) is 10.3. The van der Waals surface area contributed by atoms with Gasteiger partial charge in [-0.05, 0) is 57.9 Å². The third-order valence-electron chi connectivity index (χ3n) is 5.08. The van der Waals surface area contributed by atoms with Gasteiger partial charge in [0.25, 0.3) is 5.56 Å². The molecule has 0 aliphatic rings. The highest BCUT2D eigenvalue weighted by molar-refractivity contribution is 9.10. The quantitative estimate of drug-likeness (QED) is 0.276. The smallest absolute Gasteiger partial charge is 0.341 e. The van der Waals surface area contributed by atoms with Crippen LogP contribution in [-0.2, 0) is 4.79 Å². The van der Waals surface area contributed by atoms with Crippen LogP contribution in [0, 0.1) is 0 Å². The lowest BCUT2D eigenvalue weighted by molar-refractivity contribution is -0.139. The van der Waals surface area contributed by atoms with Gasteiger partial charge in [-0.1, -0.05) is 41.9 Å². The van der Waals surface area contributed by atoms with Crippen molar-refractivity contribution in [2.45, 2.75) is 0 Å². The summed E-state index contributed by atoms with van der Waals surface area (Å²) in [7, 11) is 0. The fourth-order valence-electron chi connectivity index (χ4n) is 3.53. The van der Waals surface area contributed by atoms with Crippen LogP contribution >= 0.6 is 27.5 Å². The van der Waals surface area contributed by atoms with E-state index in [0.29, 0.717) is 32.3 Å². The van der Waals surface area contributed by atoms with Gasteiger partial charge in [0.1, 0.15) is 5.58 Å². The summed E-state index contributed by atoms with van der Waals surface area (Å²) in [5.41, 5.74) is 1.35. The zero-order valence-corrected chi connectivity index (χ0v) is 20.2. The van der Waals surface area contributed by atoms with Gasteiger partial charge in [-0.3, -0.25) is 4.79 Å². The topological polar surface area (TPSA) is 107 Å². The van der Waals surface area contributed by atoms with Gasteiger partial charge in [-0.15, -0.1) is 0 Å². The summed E-state index contributed by atoms with van der Waals surface area (Å²) >= 11 is 9.61. The van der Waals surface area contributed by atoms with Gasteiger partial charge in [0.15, 0.2) is 18.1 Å². The Balaban J connectivity index is 1.62. The Morgan fingerprint density at radius 1 is 1.17 bits per heavy atom. The number of hydrogen-bond donors (Lipinski definition) is 1. The number of carboxylic acid groups (broad SMARTS) is 1. The molecule has 0 bridgehead atoms. The summed E-state index contributed by atoms with van der Waals surface area (Å²) in [5, 5.41) is 14.7. The predicted molar refractivity (Wildman–Crippen MR) is 136 cm³/mol. The number of aliphatic carboxylic acids is 1. The van der Waals surface area contributed by atoms with Crippen LogP contribution in [0.15, 0.2) is 85.5 Å². The highest BCUT2D eigenvalue weighted by Crippen LogP contribution is 2.34. The fraction of sp³-hybridized carbons (Fsp3) is 0.0400. The lowest BCUT2D eigenvalue weighted by atomic mass is 10.2. The van der Waals surface area contributed by atoms with Gasteiger partial charge in [0.2, 0.25) is 5.82 Å². The molecule has 35 heavy (non-hydrogen) atoms. The molecule has 8 nitrogen and oxygen atoms in total. The van der Waals surface area contributed by atoms with Gasteiger partial charge in [-0.25, -0.2) is 9.78 Å². The maximum atomic E-state index is 13.4. The number of carbonyl (C=O) groups is 1. The Hall–Kier alpha value is -3.95. The number of halogens is 2. The molecule has 5 aromatic rings. The molecule has 0 amide bonds. The van der Waals surface area contributed by atoms with Crippen LogP contribution in [0.4, 0.5) is 0 Å². The summed E-state index contributed by atoms with van der Waals surface area (Å²) in [5.74, 6) is -0.297. The van der Waals surface area contributed by atoms with E-state index in [-0.39, 0.29) is 22.2 Å². The van der Waals surface area contributed by atoms with Crippen LogP contribution in [0.1, 0.15) is 5.56 Å². The third-order valence-corrected chi connectivity index (χ3v) is 5.95. The summed E-state index contributed by atoms with van der Waals surface area (Å²) in [6.45, 7) is -0.537. The lowest BCUT2D eigenvalue weighted by Crippen LogP contribution is -2.20. The number of ether oxygens (including phenoxy) is 1. The van der Waals surface area contributed by atoms with Gasteiger partial charge >= 0.3 is 5.97 Å². The zero-order chi connectivity index (χ0) is 24.5. The molecule has 0 spiro atoms.